The van der Waals surface area contributed by atoms with Crippen LogP contribution in [0.4, 0.5) is 13.2 Å². The maximum atomic E-state index is 12.9. The molecular formula is C19H21ClF3NO3S. The van der Waals surface area contributed by atoms with Gasteiger partial charge in [0.15, 0.2) is 5.78 Å². The second kappa shape index (κ2) is 9.69. The lowest BCUT2D eigenvalue weighted by molar-refractivity contribution is -0.137. The number of rotatable bonds is 7. The number of allylic oxidation sites excluding steroid dienone is 2. The molecule has 1 aliphatic rings. The summed E-state index contributed by atoms with van der Waals surface area (Å²) in [7, 11) is 0. The summed E-state index contributed by atoms with van der Waals surface area (Å²) >= 11 is 6.88. The van der Waals surface area contributed by atoms with Crippen molar-refractivity contribution in [1.29, 1.82) is 0 Å². The standard InChI is InChI=1S/C19H21ClF3NO3S/c1-3-27-24-11(2)18-16(25)8-12(9-17(18)26)6-7-28-13-4-5-15(20)14(10-13)19(21,22)23/h4-5,10,12,25H,3,6-9H2,1-2H3. The molecule has 2 rings (SSSR count). The van der Waals surface area contributed by atoms with E-state index < -0.39 is 11.7 Å². The molecule has 1 aliphatic carbocycles. The number of hydrogen-bond donors (Lipinski definition) is 1. The van der Waals surface area contributed by atoms with E-state index in [9.17, 15) is 23.1 Å². The monoisotopic (exact) mass is 435 g/mol. The van der Waals surface area contributed by atoms with Crippen molar-refractivity contribution in [3.05, 3.63) is 40.1 Å². The molecule has 1 aromatic rings. The van der Waals surface area contributed by atoms with Gasteiger partial charge in [0.1, 0.15) is 12.4 Å². The van der Waals surface area contributed by atoms with Crippen LogP contribution in [-0.4, -0.2) is 29.0 Å². The van der Waals surface area contributed by atoms with Crippen molar-refractivity contribution < 1.29 is 27.9 Å². The van der Waals surface area contributed by atoms with Gasteiger partial charge in [-0.1, -0.05) is 16.8 Å². The predicted octanol–water partition coefficient (Wildman–Crippen LogP) is 6.04. The maximum Gasteiger partial charge on any atom is 0.417 e. The highest BCUT2D eigenvalue weighted by Crippen LogP contribution is 2.37. The Morgan fingerprint density at radius 2 is 2.11 bits per heavy atom. The topological polar surface area (TPSA) is 58.9 Å². The van der Waals surface area contributed by atoms with Gasteiger partial charge < -0.3 is 9.94 Å². The van der Waals surface area contributed by atoms with Crippen molar-refractivity contribution in [2.75, 3.05) is 12.4 Å². The molecule has 0 spiro atoms. The molecule has 1 unspecified atom stereocenters. The van der Waals surface area contributed by atoms with Crippen molar-refractivity contribution in [2.24, 2.45) is 11.1 Å². The van der Waals surface area contributed by atoms with Crippen molar-refractivity contribution in [3.8, 4) is 0 Å². The summed E-state index contributed by atoms with van der Waals surface area (Å²) in [6.07, 6.45) is -3.33. The normalized spacial score (nSPS) is 18.6. The van der Waals surface area contributed by atoms with Crippen LogP contribution in [0.5, 0.6) is 0 Å². The molecule has 0 saturated carbocycles. The average Bonchev–Trinajstić information content (AvgIpc) is 2.59. The summed E-state index contributed by atoms with van der Waals surface area (Å²) in [5.41, 5.74) is -0.316. The van der Waals surface area contributed by atoms with E-state index in [-0.39, 0.29) is 34.5 Å². The number of thioether (sulfide) groups is 1. The molecule has 4 nitrogen and oxygen atoms in total. The van der Waals surface area contributed by atoms with Crippen LogP contribution in [0.3, 0.4) is 0 Å². The van der Waals surface area contributed by atoms with Gasteiger partial charge in [-0.2, -0.15) is 13.2 Å². The van der Waals surface area contributed by atoms with Crippen molar-refractivity contribution in [1.82, 2.24) is 0 Å². The van der Waals surface area contributed by atoms with Crippen LogP contribution in [0.2, 0.25) is 5.02 Å². The van der Waals surface area contributed by atoms with Crippen molar-refractivity contribution in [2.45, 2.75) is 44.2 Å². The Bertz CT molecular complexity index is 793. The third-order valence-electron chi connectivity index (χ3n) is 4.25. The number of hydrogen-bond acceptors (Lipinski definition) is 5. The minimum absolute atomic E-state index is 0.0157. The molecule has 154 valence electrons. The van der Waals surface area contributed by atoms with Crippen LogP contribution < -0.4 is 0 Å². The number of aliphatic hydroxyl groups excluding tert-OH is 1. The van der Waals surface area contributed by atoms with Gasteiger partial charge in [-0.05, 0) is 50.1 Å². The van der Waals surface area contributed by atoms with Crippen LogP contribution >= 0.6 is 23.4 Å². The van der Waals surface area contributed by atoms with E-state index in [4.69, 9.17) is 16.4 Å². The summed E-state index contributed by atoms with van der Waals surface area (Å²) < 4.78 is 38.8. The van der Waals surface area contributed by atoms with E-state index in [0.29, 0.717) is 35.8 Å². The lowest BCUT2D eigenvalue weighted by Crippen LogP contribution is -2.24. The van der Waals surface area contributed by atoms with Crippen molar-refractivity contribution >= 4 is 34.9 Å². The quantitative estimate of drug-likeness (QED) is 0.322. The Labute approximate surface area is 170 Å². The highest BCUT2D eigenvalue weighted by atomic mass is 35.5. The van der Waals surface area contributed by atoms with E-state index in [1.807, 2.05) is 0 Å². The molecule has 0 saturated heterocycles. The molecule has 0 radical (unpaired) electrons. The third kappa shape index (κ3) is 5.91. The zero-order valence-corrected chi connectivity index (χ0v) is 17.0. The van der Waals surface area contributed by atoms with Gasteiger partial charge >= 0.3 is 6.18 Å². The number of aliphatic hydroxyl groups is 1. The summed E-state index contributed by atoms with van der Waals surface area (Å²) in [4.78, 5) is 17.7. The first-order chi connectivity index (χ1) is 13.1. The van der Waals surface area contributed by atoms with Crippen molar-refractivity contribution in [3.63, 3.8) is 0 Å². The van der Waals surface area contributed by atoms with Gasteiger partial charge in [0.05, 0.1) is 21.9 Å². The molecule has 1 N–H and O–H groups in total. The molecule has 0 fully saturated rings. The molecule has 0 amide bonds. The fraction of sp³-hybridized carbons (Fsp3) is 0.474. The van der Waals surface area contributed by atoms with Gasteiger partial charge in [-0.15, -0.1) is 11.8 Å². The molecule has 0 aromatic heterocycles. The fourth-order valence-electron chi connectivity index (χ4n) is 2.95. The van der Waals surface area contributed by atoms with Crippen LogP contribution in [0.25, 0.3) is 0 Å². The number of alkyl halides is 3. The molecule has 0 aliphatic heterocycles. The first kappa shape index (κ1) is 22.6. The average molecular weight is 436 g/mol. The van der Waals surface area contributed by atoms with E-state index in [2.05, 4.69) is 5.16 Å². The number of ketones is 1. The molecule has 28 heavy (non-hydrogen) atoms. The summed E-state index contributed by atoms with van der Waals surface area (Å²) in [5.74, 6) is 0.229. The number of oxime groups is 1. The zero-order chi connectivity index (χ0) is 20.9. The first-order valence-corrected chi connectivity index (χ1v) is 10.1. The third-order valence-corrected chi connectivity index (χ3v) is 5.61. The molecular weight excluding hydrogens is 415 g/mol. The highest BCUT2D eigenvalue weighted by Gasteiger charge is 2.33. The number of Topliss-reactive ketones (excluding diaryl/α,β-unsaturated/α-hetero) is 1. The summed E-state index contributed by atoms with van der Waals surface area (Å²) in [6.45, 7) is 3.73. The lowest BCUT2D eigenvalue weighted by atomic mass is 9.84. The van der Waals surface area contributed by atoms with Crippen LogP contribution in [-0.2, 0) is 15.8 Å². The minimum atomic E-state index is -4.50. The molecule has 9 heteroatoms. The number of nitrogens with zero attached hydrogens (tertiary/aromatic N) is 1. The number of halogens is 4. The Morgan fingerprint density at radius 3 is 2.71 bits per heavy atom. The minimum Gasteiger partial charge on any atom is -0.511 e. The van der Waals surface area contributed by atoms with Gasteiger partial charge in [-0.25, -0.2) is 0 Å². The molecule has 1 aromatic carbocycles. The van der Waals surface area contributed by atoms with Gasteiger partial charge in [0.2, 0.25) is 0 Å². The number of carbonyl (C=O) groups excluding carboxylic acids is 1. The maximum absolute atomic E-state index is 12.9. The van der Waals surface area contributed by atoms with Gasteiger partial charge in [0, 0.05) is 17.7 Å². The van der Waals surface area contributed by atoms with E-state index in [1.165, 1.54) is 23.9 Å². The second-order valence-corrected chi connectivity index (χ2v) is 7.97. The van der Waals surface area contributed by atoms with Crippen LogP contribution in [0.15, 0.2) is 39.6 Å². The number of carbonyl (C=O) groups is 1. The zero-order valence-electron chi connectivity index (χ0n) is 15.5. The molecule has 1 atom stereocenters. The lowest BCUT2D eigenvalue weighted by Gasteiger charge is -2.23. The Hall–Kier alpha value is -1.67. The van der Waals surface area contributed by atoms with Crippen LogP contribution in [0.1, 0.15) is 38.7 Å². The highest BCUT2D eigenvalue weighted by molar-refractivity contribution is 7.99. The largest absolute Gasteiger partial charge is 0.511 e. The Kier molecular flexibility index (Phi) is 7.83. The van der Waals surface area contributed by atoms with E-state index in [1.54, 1.807) is 13.8 Å². The molecule has 0 bridgehead atoms. The molecule has 0 heterocycles. The fourth-order valence-corrected chi connectivity index (χ4v) is 4.23. The first-order valence-electron chi connectivity index (χ1n) is 8.75. The smallest absolute Gasteiger partial charge is 0.417 e. The number of benzene rings is 1. The Morgan fingerprint density at radius 1 is 1.39 bits per heavy atom. The van der Waals surface area contributed by atoms with Gasteiger partial charge in [0.25, 0.3) is 0 Å². The van der Waals surface area contributed by atoms with Crippen LogP contribution in [0, 0.1) is 5.92 Å². The summed E-state index contributed by atoms with van der Waals surface area (Å²) in [6, 6.07) is 3.80. The van der Waals surface area contributed by atoms with Gasteiger partial charge in [-0.3, -0.25) is 4.79 Å². The predicted molar refractivity (Wildman–Crippen MR) is 104 cm³/mol. The second-order valence-electron chi connectivity index (χ2n) is 6.39. The van der Waals surface area contributed by atoms with E-state index >= 15 is 0 Å². The SMILES string of the molecule is CCON=C(C)C1=C(O)CC(CCSc2ccc(Cl)c(C(F)(F)F)c2)CC1=O. The Balaban J connectivity index is 1.97. The van der Waals surface area contributed by atoms with E-state index in [0.717, 1.165) is 6.07 Å². The summed E-state index contributed by atoms with van der Waals surface area (Å²) in [5, 5.41) is 13.7.